The predicted octanol–water partition coefficient (Wildman–Crippen LogP) is 2.77. The maximum atomic E-state index is 12.8. The Labute approximate surface area is 166 Å². The maximum Gasteiger partial charge on any atom is 0.273 e. The first-order valence-corrected chi connectivity index (χ1v) is 10.7. The van der Waals surface area contributed by atoms with Crippen LogP contribution in [0.15, 0.2) is 5.38 Å². The highest BCUT2D eigenvalue weighted by Crippen LogP contribution is 2.42. The summed E-state index contributed by atoms with van der Waals surface area (Å²) in [6.07, 6.45) is 2.65. The quantitative estimate of drug-likeness (QED) is 0.852. The summed E-state index contributed by atoms with van der Waals surface area (Å²) in [6, 6.07) is 0. The fraction of sp³-hybridized carbons (Fsp3) is 0.800. The molecular formula is C20H33N3O3S. The summed E-state index contributed by atoms with van der Waals surface area (Å²) in [5.41, 5.74) is 0.250. The lowest BCUT2D eigenvalue weighted by molar-refractivity contribution is -0.205. The third-order valence-corrected chi connectivity index (χ3v) is 6.47. The molecule has 1 spiro atoms. The van der Waals surface area contributed by atoms with E-state index in [9.17, 15) is 9.90 Å². The number of carbonyl (C=O) groups excluding carboxylic acids is 1. The van der Waals surface area contributed by atoms with Crippen LogP contribution in [-0.4, -0.2) is 70.8 Å². The highest BCUT2D eigenvalue weighted by molar-refractivity contribution is 7.09. The van der Waals surface area contributed by atoms with E-state index in [0.717, 1.165) is 24.4 Å². The first-order valence-electron chi connectivity index (χ1n) is 9.82. The monoisotopic (exact) mass is 395 g/mol. The Balaban J connectivity index is 1.62. The van der Waals surface area contributed by atoms with Gasteiger partial charge < -0.3 is 19.6 Å². The Hall–Kier alpha value is -1.02. The van der Waals surface area contributed by atoms with Crippen molar-refractivity contribution in [2.45, 2.75) is 70.8 Å². The molecule has 27 heavy (non-hydrogen) atoms. The van der Waals surface area contributed by atoms with E-state index < -0.39 is 0 Å². The molecule has 6 nitrogen and oxygen atoms in total. The number of amides is 1. The number of hydrogen-bond acceptors (Lipinski definition) is 6. The number of aromatic nitrogens is 1. The Morgan fingerprint density at radius 1 is 1.41 bits per heavy atom. The van der Waals surface area contributed by atoms with E-state index in [2.05, 4.69) is 30.7 Å². The number of carbonyl (C=O) groups is 1. The van der Waals surface area contributed by atoms with E-state index in [1.54, 1.807) is 0 Å². The van der Waals surface area contributed by atoms with Crippen LogP contribution in [0.2, 0.25) is 0 Å². The minimum absolute atomic E-state index is 0.00475. The van der Waals surface area contributed by atoms with Crippen molar-refractivity contribution < 1.29 is 14.6 Å². The topological polar surface area (TPSA) is 65.9 Å². The molecule has 1 aromatic heterocycles. The zero-order chi connectivity index (χ0) is 19.8. The van der Waals surface area contributed by atoms with Crippen molar-refractivity contribution in [2.24, 2.45) is 5.41 Å². The number of hydrogen-bond donors (Lipinski definition) is 1. The third kappa shape index (κ3) is 4.88. The fourth-order valence-corrected chi connectivity index (χ4v) is 4.93. The van der Waals surface area contributed by atoms with Gasteiger partial charge in [0.15, 0.2) is 0 Å². The molecule has 0 bridgehead atoms. The molecule has 0 aromatic carbocycles. The lowest BCUT2D eigenvalue weighted by Gasteiger charge is -2.50. The normalized spacial score (nSPS) is 26.0. The molecule has 1 amide bonds. The molecule has 0 unspecified atom stereocenters. The van der Waals surface area contributed by atoms with E-state index in [4.69, 9.17) is 4.74 Å². The molecule has 2 aliphatic heterocycles. The minimum atomic E-state index is -0.322. The van der Waals surface area contributed by atoms with Crippen LogP contribution >= 0.6 is 11.3 Å². The van der Waals surface area contributed by atoms with Gasteiger partial charge in [-0.15, -0.1) is 11.3 Å². The van der Waals surface area contributed by atoms with Crippen LogP contribution in [0.25, 0.3) is 0 Å². The number of thiazole rings is 1. The Bertz CT molecular complexity index is 660. The van der Waals surface area contributed by atoms with E-state index in [1.165, 1.54) is 11.3 Å². The molecule has 3 rings (SSSR count). The molecule has 0 aliphatic carbocycles. The zero-order valence-electron chi connectivity index (χ0n) is 17.2. The largest absolute Gasteiger partial charge is 0.393 e. The second-order valence-corrected chi connectivity index (χ2v) is 10.3. The average molecular weight is 396 g/mol. The number of rotatable bonds is 3. The van der Waals surface area contributed by atoms with Crippen LogP contribution in [0.1, 0.15) is 62.0 Å². The van der Waals surface area contributed by atoms with Crippen molar-refractivity contribution in [1.82, 2.24) is 14.8 Å². The summed E-state index contributed by atoms with van der Waals surface area (Å²) >= 11 is 1.54. The molecule has 2 aliphatic rings. The van der Waals surface area contributed by atoms with Crippen LogP contribution in [0.3, 0.4) is 0 Å². The van der Waals surface area contributed by atoms with Crippen LogP contribution in [0, 0.1) is 5.41 Å². The first-order chi connectivity index (χ1) is 12.6. The van der Waals surface area contributed by atoms with Crippen molar-refractivity contribution in [3.05, 3.63) is 16.1 Å². The van der Waals surface area contributed by atoms with E-state index in [1.807, 2.05) is 24.4 Å². The molecule has 2 fully saturated rings. The van der Waals surface area contributed by atoms with Crippen LogP contribution in [0.4, 0.5) is 0 Å². The summed E-state index contributed by atoms with van der Waals surface area (Å²) < 4.78 is 6.51. The fourth-order valence-electron chi connectivity index (χ4n) is 4.04. The maximum absolute atomic E-state index is 12.8. The van der Waals surface area contributed by atoms with Gasteiger partial charge in [0.05, 0.1) is 17.8 Å². The van der Waals surface area contributed by atoms with Gasteiger partial charge >= 0.3 is 0 Å². The van der Waals surface area contributed by atoms with Gasteiger partial charge in [-0.2, -0.15) is 0 Å². The van der Waals surface area contributed by atoms with Gasteiger partial charge in [0, 0.05) is 37.9 Å². The second-order valence-electron chi connectivity index (χ2n) is 9.41. The molecule has 3 heterocycles. The van der Waals surface area contributed by atoms with Gasteiger partial charge in [0.25, 0.3) is 5.91 Å². The Kier molecular flexibility index (Phi) is 5.96. The zero-order valence-corrected chi connectivity index (χ0v) is 18.0. The summed E-state index contributed by atoms with van der Waals surface area (Å²) in [6.45, 7) is 8.55. The van der Waals surface area contributed by atoms with Crippen molar-refractivity contribution in [2.75, 3.05) is 27.2 Å². The molecule has 1 aromatic rings. The van der Waals surface area contributed by atoms with E-state index in [0.29, 0.717) is 31.6 Å². The molecule has 2 atom stereocenters. The standard InChI is InChI=1S/C20H33N3O3S/c1-19(2,3)16-10-14(24)11-20(26-16)6-8-23(9-7-20)18(25)15-13-27-17(21-15)12-22(4)5/h13-14,16,24H,6-12H2,1-5H3/t14-,16-/m1/s1. The summed E-state index contributed by atoms with van der Waals surface area (Å²) in [4.78, 5) is 21.3. The first kappa shape index (κ1) is 20.7. The van der Waals surface area contributed by atoms with Crippen LogP contribution in [-0.2, 0) is 11.3 Å². The number of aliphatic hydroxyl groups is 1. The van der Waals surface area contributed by atoms with E-state index in [-0.39, 0.29) is 29.1 Å². The lowest BCUT2D eigenvalue weighted by atomic mass is 9.76. The van der Waals surface area contributed by atoms with E-state index >= 15 is 0 Å². The van der Waals surface area contributed by atoms with Gasteiger partial charge in [0.2, 0.25) is 0 Å². The van der Waals surface area contributed by atoms with Gasteiger partial charge in [-0.05, 0) is 32.4 Å². The molecular weight excluding hydrogens is 362 g/mol. The summed E-state index contributed by atoms with van der Waals surface area (Å²) in [5, 5.41) is 13.2. The van der Waals surface area contributed by atoms with Gasteiger partial charge in [-0.3, -0.25) is 4.79 Å². The van der Waals surface area contributed by atoms with Crippen LogP contribution < -0.4 is 0 Å². The number of ether oxygens (including phenoxy) is 1. The van der Waals surface area contributed by atoms with Crippen molar-refractivity contribution in [3.63, 3.8) is 0 Å². The number of piperidine rings is 1. The summed E-state index contributed by atoms with van der Waals surface area (Å²) in [7, 11) is 3.99. The average Bonchev–Trinajstić information content (AvgIpc) is 3.01. The SMILES string of the molecule is CN(C)Cc1nc(C(=O)N2CCC3(CC2)C[C@H](O)C[C@H](C(C)(C)C)O3)cs1. The summed E-state index contributed by atoms with van der Waals surface area (Å²) in [5.74, 6) is 0.00911. The molecule has 7 heteroatoms. The smallest absolute Gasteiger partial charge is 0.273 e. The van der Waals surface area contributed by atoms with Crippen molar-refractivity contribution in [3.8, 4) is 0 Å². The van der Waals surface area contributed by atoms with Gasteiger partial charge in [0.1, 0.15) is 10.7 Å². The Morgan fingerprint density at radius 2 is 2.07 bits per heavy atom. The molecule has 152 valence electrons. The van der Waals surface area contributed by atoms with Crippen molar-refractivity contribution >= 4 is 17.2 Å². The predicted molar refractivity (Wildman–Crippen MR) is 107 cm³/mol. The third-order valence-electron chi connectivity index (χ3n) is 5.64. The highest BCUT2D eigenvalue weighted by atomic mass is 32.1. The Morgan fingerprint density at radius 3 is 2.67 bits per heavy atom. The van der Waals surface area contributed by atoms with Gasteiger partial charge in [-0.1, -0.05) is 20.8 Å². The molecule has 0 saturated carbocycles. The highest BCUT2D eigenvalue weighted by Gasteiger charge is 2.46. The second kappa shape index (κ2) is 7.78. The molecule has 0 radical (unpaired) electrons. The van der Waals surface area contributed by atoms with Gasteiger partial charge in [-0.25, -0.2) is 4.98 Å². The number of aliphatic hydroxyl groups excluding tert-OH is 1. The van der Waals surface area contributed by atoms with Crippen LogP contribution in [0.5, 0.6) is 0 Å². The van der Waals surface area contributed by atoms with Crippen molar-refractivity contribution in [1.29, 1.82) is 0 Å². The lowest BCUT2D eigenvalue weighted by Crippen LogP contribution is -2.55. The minimum Gasteiger partial charge on any atom is -0.393 e. The molecule has 1 N–H and O–H groups in total. The molecule has 2 saturated heterocycles. The number of likely N-dealkylation sites (tertiary alicyclic amines) is 1. The number of nitrogens with zero attached hydrogens (tertiary/aromatic N) is 3.